The van der Waals surface area contributed by atoms with Crippen LogP contribution < -0.4 is 0 Å². The molecule has 0 aromatic heterocycles. The Labute approximate surface area is 60.2 Å². The average Bonchev–Trinajstić information content (AvgIpc) is 1.78. The van der Waals surface area contributed by atoms with Crippen molar-refractivity contribution in [3.63, 3.8) is 0 Å². The van der Waals surface area contributed by atoms with E-state index in [4.69, 9.17) is 15.7 Å². The Morgan fingerprint density at radius 1 is 1.22 bits per heavy atom. The van der Waals surface area contributed by atoms with E-state index < -0.39 is 0 Å². The van der Waals surface area contributed by atoms with E-state index in [0.29, 0.717) is 0 Å². The van der Waals surface area contributed by atoms with Crippen molar-refractivity contribution in [1.82, 2.24) is 0 Å². The Bertz CT molecular complexity index is 89.1. The van der Waals surface area contributed by atoms with Crippen molar-refractivity contribution in [1.29, 1.82) is 0 Å². The number of hydrogen-bond donors (Lipinski definition) is 0. The van der Waals surface area contributed by atoms with Gasteiger partial charge in [0.25, 0.3) is 0 Å². The summed E-state index contributed by atoms with van der Waals surface area (Å²) in [4.78, 5) is 0. The Morgan fingerprint density at radius 3 is 2.00 bits per heavy atom. The molecule has 0 atom stereocenters. The molecule has 0 aliphatic heterocycles. The van der Waals surface area contributed by atoms with Crippen molar-refractivity contribution in [2.75, 3.05) is 0 Å². The van der Waals surface area contributed by atoms with E-state index in [2.05, 4.69) is 6.92 Å². The first kappa shape index (κ1) is 7.24. The summed E-state index contributed by atoms with van der Waals surface area (Å²) in [5.41, 5.74) is 0. The molecule has 0 N–H and O–H groups in total. The standard InChI is InChI=1S/C7H12B2/c1-6-2-4-7(8,9)5-3-6/h6H,2-5H2,1H3. The molecule has 46 valence electrons. The average molecular weight is 118 g/mol. The van der Waals surface area contributed by atoms with Crippen LogP contribution in [0.25, 0.3) is 0 Å². The molecule has 4 radical (unpaired) electrons. The van der Waals surface area contributed by atoms with E-state index in [9.17, 15) is 0 Å². The lowest BCUT2D eigenvalue weighted by atomic mass is 9.47. The SMILES string of the molecule is [B]C1([B])CCC(C)CC1. The maximum absolute atomic E-state index is 5.72. The van der Waals surface area contributed by atoms with Crippen molar-refractivity contribution in [3.8, 4) is 0 Å². The molecule has 1 rings (SSSR count). The fourth-order valence-corrected chi connectivity index (χ4v) is 1.30. The molecule has 0 nitrogen and oxygen atoms in total. The Morgan fingerprint density at radius 2 is 1.67 bits per heavy atom. The summed E-state index contributed by atoms with van der Waals surface area (Å²) < 4.78 is 0. The van der Waals surface area contributed by atoms with Gasteiger partial charge in [0.05, 0.1) is 15.7 Å². The normalized spacial score (nSPS) is 28.1. The lowest BCUT2D eigenvalue weighted by molar-refractivity contribution is 0.364. The second kappa shape index (κ2) is 2.40. The van der Waals surface area contributed by atoms with Gasteiger partial charge in [-0.15, -0.1) is 0 Å². The van der Waals surface area contributed by atoms with Crippen molar-refractivity contribution in [2.24, 2.45) is 5.92 Å². The summed E-state index contributed by atoms with van der Waals surface area (Å²) in [6.45, 7) is 2.26. The molecular weight excluding hydrogens is 106 g/mol. The minimum Gasteiger partial charge on any atom is -0.0989 e. The molecule has 0 heterocycles. The van der Waals surface area contributed by atoms with Crippen molar-refractivity contribution in [2.45, 2.75) is 37.8 Å². The molecule has 0 aromatic rings. The Kier molecular flexibility index (Phi) is 1.93. The zero-order chi connectivity index (χ0) is 6.91. The van der Waals surface area contributed by atoms with Crippen LogP contribution in [0.15, 0.2) is 0 Å². The molecule has 0 aromatic carbocycles. The van der Waals surface area contributed by atoms with Gasteiger partial charge in [0.1, 0.15) is 0 Å². The summed E-state index contributed by atoms with van der Waals surface area (Å²) in [6.07, 6.45) is 4.39. The fourth-order valence-electron chi connectivity index (χ4n) is 1.30. The topological polar surface area (TPSA) is 0 Å². The molecule has 1 aliphatic carbocycles. The minimum atomic E-state index is -0.341. The predicted octanol–water partition coefficient (Wildman–Crippen LogP) is 1.65. The van der Waals surface area contributed by atoms with Gasteiger partial charge in [0, 0.05) is 0 Å². The molecule has 0 amide bonds. The molecule has 2 heteroatoms. The van der Waals surface area contributed by atoms with Gasteiger partial charge in [-0.3, -0.25) is 0 Å². The molecule has 1 aliphatic rings. The summed E-state index contributed by atoms with van der Waals surface area (Å²) in [5.74, 6) is 0.838. The van der Waals surface area contributed by atoms with E-state index in [-0.39, 0.29) is 5.21 Å². The van der Waals surface area contributed by atoms with Crippen LogP contribution in [0.3, 0.4) is 0 Å². The van der Waals surface area contributed by atoms with Crippen molar-refractivity contribution >= 4 is 15.7 Å². The van der Waals surface area contributed by atoms with Gasteiger partial charge >= 0.3 is 0 Å². The highest BCUT2D eigenvalue weighted by Gasteiger charge is 2.23. The second-order valence-corrected chi connectivity index (χ2v) is 3.42. The molecule has 0 unspecified atom stereocenters. The van der Waals surface area contributed by atoms with Crippen LogP contribution in [0.4, 0.5) is 0 Å². The van der Waals surface area contributed by atoms with Gasteiger partial charge in [-0.1, -0.05) is 37.8 Å². The zero-order valence-corrected chi connectivity index (χ0v) is 6.06. The van der Waals surface area contributed by atoms with E-state index in [1.165, 1.54) is 12.8 Å². The Balaban J connectivity index is 2.35. The van der Waals surface area contributed by atoms with Crippen molar-refractivity contribution in [3.05, 3.63) is 0 Å². The molecule has 0 saturated heterocycles. The third-order valence-corrected chi connectivity index (χ3v) is 2.21. The van der Waals surface area contributed by atoms with Crippen LogP contribution in [-0.4, -0.2) is 15.7 Å². The van der Waals surface area contributed by atoms with Gasteiger partial charge in [0.15, 0.2) is 0 Å². The highest BCUT2D eigenvalue weighted by atomic mass is 14.2. The molecule has 1 fully saturated rings. The number of hydrogen-bond acceptors (Lipinski definition) is 0. The first-order valence-electron chi connectivity index (χ1n) is 3.68. The van der Waals surface area contributed by atoms with Crippen LogP contribution in [0.5, 0.6) is 0 Å². The zero-order valence-electron chi connectivity index (χ0n) is 6.06. The largest absolute Gasteiger partial charge is 0.0989 e. The minimum absolute atomic E-state index is 0.341. The third-order valence-electron chi connectivity index (χ3n) is 2.21. The van der Waals surface area contributed by atoms with E-state index >= 15 is 0 Å². The monoisotopic (exact) mass is 118 g/mol. The van der Waals surface area contributed by atoms with Gasteiger partial charge < -0.3 is 0 Å². The molecule has 0 spiro atoms. The molecular formula is C7H12B2. The summed E-state index contributed by atoms with van der Waals surface area (Å²) >= 11 is 0. The van der Waals surface area contributed by atoms with Crippen molar-refractivity contribution < 1.29 is 0 Å². The van der Waals surface area contributed by atoms with E-state index in [1.54, 1.807) is 0 Å². The van der Waals surface area contributed by atoms with Gasteiger partial charge in [-0.2, -0.15) is 0 Å². The summed E-state index contributed by atoms with van der Waals surface area (Å²) in [7, 11) is 11.4. The molecule has 0 bridgehead atoms. The number of rotatable bonds is 0. The van der Waals surface area contributed by atoms with E-state index in [0.717, 1.165) is 18.8 Å². The molecule has 9 heavy (non-hydrogen) atoms. The highest BCUT2D eigenvalue weighted by molar-refractivity contribution is 6.39. The first-order chi connectivity index (χ1) is 4.10. The van der Waals surface area contributed by atoms with Crippen LogP contribution in [0.1, 0.15) is 32.6 Å². The highest BCUT2D eigenvalue weighted by Crippen LogP contribution is 2.38. The fraction of sp³-hybridized carbons (Fsp3) is 1.00. The maximum Gasteiger partial charge on any atom is 0.0620 e. The van der Waals surface area contributed by atoms with Gasteiger partial charge in [0.2, 0.25) is 0 Å². The van der Waals surface area contributed by atoms with Crippen LogP contribution in [0.2, 0.25) is 5.21 Å². The summed E-state index contributed by atoms with van der Waals surface area (Å²) in [5, 5.41) is -0.341. The van der Waals surface area contributed by atoms with Gasteiger partial charge in [-0.05, 0) is 5.92 Å². The second-order valence-electron chi connectivity index (χ2n) is 3.42. The quantitative estimate of drug-likeness (QED) is 0.424. The Hall–Kier alpha value is 0.130. The third kappa shape index (κ3) is 2.08. The maximum atomic E-state index is 5.72. The smallest absolute Gasteiger partial charge is 0.0620 e. The van der Waals surface area contributed by atoms with Gasteiger partial charge in [-0.25, -0.2) is 0 Å². The van der Waals surface area contributed by atoms with E-state index in [1.807, 2.05) is 0 Å². The predicted molar refractivity (Wildman–Crippen MR) is 41.8 cm³/mol. The van der Waals surface area contributed by atoms with Crippen LogP contribution in [0, 0.1) is 5.92 Å². The molecule has 1 saturated carbocycles. The lowest BCUT2D eigenvalue weighted by Gasteiger charge is -2.33. The van der Waals surface area contributed by atoms with Crippen LogP contribution >= 0.6 is 0 Å². The lowest BCUT2D eigenvalue weighted by Crippen LogP contribution is -2.20. The van der Waals surface area contributed by atoms with Crippen LogP contribution in [-0.2, 0) is 0 Å². The first-order valence-corrected chi connectivity index (χ1v) is 3.68. The summed E-state index contributed by atoms with van der Waals surface area (Å²) in [6, 6.07) is 0.